The van der Waals surface area contributed by atoms with Crippen molar-refractivity contribution >= 4 is 28.8 Å². The number of nitrogens with zero attached hydrogens (tertiary/aromatic N) is 2. The van der Waals surface area contributed by atoms with Crippen molar-refractivity contribution in [2.75, 3.05) is 0 Å². The topological polar surface area (TPSA) is 55.5 Å². The monoisotopic (exact) mass is 248 g/mol. The average molecular weight is 248 g/mol. The number of alkyl halides is 3. The standard InChI is InChI=1S/C8H3F3N2O2S/c9-8(10,11)5-1-6(12-4-16)3-7(2-5)13(14)15/h1-3H. The van der Waals surface area contributed by atoms with E-state index < -0.39 is 22.4 Å². The SMILES string of the molecule is O=[N+]([O-])c1cc(N=C=S)cc(C(F)(F)F)c1. The Labute approximate surface area is 92.6 Å². The van der Waals surface area contributed by atoms with Crippen molar-refractivity contribution in [1.82, 2.24) is 0 Å². The fourth-order valence-electron chi connectivity index (χ4n) is 0.981. The van der Waals surface area contributed by atoms with Gasteiger partial charge >= 0.3 is 6.18 Å². The molecule has 0 heterocycles. The van der Waals surface area contributed by atoms with Crippen molar-refractivity contribution in [2.45, 2.75) is 6.18 Å². The maximum absolute atomic E-state index is 12.3. The largest absolute Gasteiger partial charge is 0.416 e. The highest BCUT2D eigenvalue weighted by molar-refractivity contribution is 7.78. The minimum atomic E-state index is -4.67. The molecule has 0 amide bonds. The van der Waals surface area contributed by atoms with Crippen LogP contribution in [0.5, 0.6) is 0 Å². The highest BCUT2D eigenvalue weighted by atomic mass is 32.1. The zero-order valence-corrected chi connectivity index (χ0v) is 8.30. The van der Waals surface area contributed by atoms with Gasteiger partial charge in [-0.2, -0.15) is 18.2 Å². The molecule has 16 heavy (non-hydrogen) atoms. The van der Waals surface area contributed by atoms with Crippen molar-refractivity contribution in [3.63, 3.8) is 0 Å². The van der Waals surface area contributed by atoms with Crippen LogP contribution in [0.3, 0.4) is 0 Å². The Morgan fingerprint density at radius 1 is 1.38 bits per heavy atom. The van der Waals surface area contributed by atoms with Gasteiger partial charge in [-0.05, 0) is 18.3 Å². The first-order valence-electron chi connectivity index (χ1n) is 3.79. The van der Waals surface area contributed by atoms with Gasteiger partial charge in [0.1, 0.15) is 0 Å². The van der Waals surface area contributed by atoms with Gasteiger partial charge in [0.25, 0.3) is 5.69 Å². The number of aliphatic imine (C=N–C) groups is 1. The number of halogens is 3. The number of isothiocyanates is 1. The summed E-state index contributed by atoms with van der Waals surface area (Å²) in [6, 6.07) is 1.98. The predicted molar refractivity (Wildman–Crippen MR) is 52.8 cm³/mol. The van der Waals surface area contributed by atoms with E-state index in [1.54, 1.807) is 0 Å². The molecule has 0 aliphatic heterocycles. The second-order valence-electron chi connectivity index (χ2n) is 2.70. The fourth-order valence-corrected chi connectivity index (χ4v) is 1.09. The first-order valence-corrected chi connectivity index (χ1v) is 4.20. The zero-order valence-electron chi connectivity index (χ0n) is 7.49. The second kappa shape index (κ2) is 4.38. The summed E-state index contributed by atoms with van der Waals surface area (Å²) in [5.41, 5.74) is -2.10. The van der Waals surface area contributed by atoms with Crippen LogP contribution >= 0.6 is 12.2 Å². The van der Waals surface area contributed by atoms with Gasteiger partial charge < -0.3 is 0 Å². The number of non-ortho nitro benzene ring substituents is 1. The smallest absolute Gasteiger partial charge is 0.258 e. The Morgan fingerprint density at radius 2 is 2.00 bits per heavy atom. The molecular formula is C8H3F3N2O2S. The van der Waals surface area contributed by atoms with Gasteiger partial charge in [0.2, 0.25) is 0 Å². The van der Waals surface area contributed by atoms with Gasteiger partial charge in [0.05, 0.1) is 21.3 Å². The molecule has 0 aromatic heterocycles. The number of nitro benzene ring substituents is 1. The van der Waals surface area contributed by atoms with Gasteiger partial charge in [-0.3, -0.25) is 10.1 Å². The normalized spacial score (nSPS) is 10.7. The van der Waals surface area contributed by atoms with Gasteiger partial charge in [-0.1, -0.05) is 0 Å². The van der Waals surface area contributed by atoms with Crippen LogP contribution in [0.1, 0.15) is 5.56 Å². The molecule has 84 valence electrons. The number of nitro groups is 1. The van der Waals surface area contributed by atoms with E-state index >= 15 is 0 Å². The van der Waals surface area contributed by atoms with E-state index in [9.17, 15) is 23.3 Å². The Balaban J connectivity index is 3.41. The molecule has 0 unspecified atom stereocenters. The van der Waals surface area contributed by atoms with Crippen molar-refractivity contribution in [2.24, 2.45) is 4.99 Å². The molecule has 1 aromatic rings. The molecular weight excluding hydrogens is 245 g/mol. The number of hydrogen-bond acceptors (Lipinski definition) is 4. The summed E-state index contributed by atoms with van der Waals surface area (Å²) in [5.74, 6) is 0. The molecule has 0 spiro atoms. The van der Waals surface area contributed by atoms with E-state index in [1.165, 1.54) is 0 Å². The zero-order chi connectivity index (χ0) is 12.3. The summed E-state index contributed by atoms with van der Waals surface area (Å²) < 4.78 is 37.0. The van der Waals surface area contributed by atoms with Gasteiger partial charge in [-0.25, -0.2) is 0 Å². The molecule has 1 aromatic carbocycles. The summed E-state index contributed by atoms with van der Waals surface area (Å²) in [6.07, 6.45) is -4.67. The second-order valence-corrected chi connectivity index (χ2v) is 2.88. The van der Waals surface area contributed by atoms with Crippen LogP contribution in [0.15, 0.2) is 23.2 Å². The van der Waals surface area contributed by atoms with E-state index in [0.29, 0.717) is 12.1 Å². The lowest BCUT2D eigenvalue weighted by Gasteiger charge is -2.06. The van der Waals surface area contributed by atoms with E-state index in [1.807, 2.05) is 5.16 Å². The lowest BCUT2D eigenvalue weighted by molar-refractivity contribution is -0.385. The molecule has 0 N–H and O–H groups in total. The van der Waals surface area contributed by atoms with Crippen LogP contribution < -0.4 is 0 Å². The molecule has 8 heteroatoms. The number of hydrogen-bond donors (Lipinski definition) is 0. The molecule has 0 radical (unpaired) electrons. The van der Waals surface area contributed by atoms with Crippen LogP contribution in [0, 0.1) is 10.1 Å². The number of rotatable bonds is 2. The van der Waals surface area contributed by atoms with Crippen LogP contribution in [0.25, 0.3) is 0 Å². The predicted octanol–water partition coefficient (Wildman–Crippen LogP) is 3.35. The Bertz CT molecular complexity index is 460. The van der Waals surface area contributed by atoms with Crippen LogP contribution in [0.2, 0.25) is 0 Å². The van der Waals surface area contributed by atoms with Crippen LogP contribution in [-0.4, -0.2) is 10.1 Å². The minimum Gasteiger partial charge on any atom is -0.258 e. The van der Waals surface area contributed by atoms with Crippen molar-refractivity contribution < 1.29 is 18.1 Å². The third-order valence-corrected chi connectivity index (χ3v) is 1.71. The summed E-state index contributed by atoms with van der Waals surface area (Å²) >= 11 is 4.21. The van der Waals surface area contributed by atoms with Gasteiger partial charge in [0.15, 0.2) is 0 Å². The minimum absolute atomic E-state index is 0.253. The molecule has 1 rings (SSSR count). The lowest BCUT2D eigenvalue weighted by atomic mass is 10.1. The van der Waals surface area contributed by atoms with Crippen molar-refractivity contribution in [3.8, 4) is 0 Å². The highest BCUT2D eigenvalue weighted by Crippen LogP contribution is 2.34. The Kier molecular flexibility index (Phi) is 3.36. The number of thiocarbonyl (C=S) groups is 1. The molecule has 0 aliphatic carbocycles. The fraction of sp³-hybridized carbons (Fsp3) is 0.125. The first kappa shape index (κ1) is 12.3. The van der Waals surface area contributed by atoms with E-state index in [2.05, 4.69) is 17.2 Å². The first-order chi connectivity index (χ1) is 7.34. The molecule has 0 saturated heterocycles. The summed E-state index contributed by atoms with van der Waals surface area (Å²) in [4.78, 5) is 12.7. The molecule has 0 saturated carbocycles. The molecule has 4 nitrogen and oxygen atoms in total. The van der Waals surface area contributed by atoms with E-state index in [4.69, 9.17) is 0 Å². The maximum atomic E-state index is 12.3. The van der Waals surface area contributed by atoms with Gasteiger partial charge in [0, 0.05) is 12.1 Å². The third-order valence-electron chi connectivity index (χ3n) is 1.62. The van der Waals surface area contributed by atoms with Crippen LogP contribution in [-0.2, 0) is 6.18 Å². The average Bonchev–Trinajstić information content (AvgIpc) is 2.16. The maximum Gasteiger partial charge on any atom is 0.416 e. The summed E-state index contributed by atoms with van der Waals surface area (Å²) in [6.45, 7) is 0. The van der Waals surface area contributed by atoms with E-state index in [-0.39, 0.29) is 5.69 Å². The van der Waals surface area contributed by atoms with Crippen molar-refractivity contribution in [3.05, 3.63) is 33.9 Å². The Morgan fingerprint density at radius 3 is 2.44 bits per heavy atom. The third kappa shape index (κ3) is 2.85. The van der Waals surface area contributed by atoms with E-state index in [0.717, 1.165) is 6.07 Å². The van der Waals surface area contributed by atoms with Gasteiger partial charge in [-0.15, -0.1) is 0 Å². The lowest BCUT2D eigenvalue weighted by Crippen LogP contribution is -2.05. The summed E-state index contributed by atoms with van der Waals surface area (Å²) in [7, 11) is 0. The number of benzene rings is 1. The molecule has 0 fully saturated rings. The molecule has 0 bridgehead atoms. The van der Waals surface area contributed by atoms with Crippen molar-refractivity contribution in [1.29, 1.82) is 0 Å². The molecule has 0 aliphatic rings. The summed E-state index contributed by atoms with van der Waals surface area (Å²) in [5, 5.41) is 12.2. The quantitative estimate of drug-likeness (QED) is 0.349. The van der Waals surface area contributed by atoms with Crippen LogP contribution in [0.4, 0.5) is 24.5 Å². The Hall–Kier alpha value is -1.79. The molecule has 0 atom stereocenters. The highest BCUT2D eigenvalue weighted by Gasteiger charge is 2.32.